The van der Waals surface area contributed by atoms with Gasteiger partial charge in [-0.2, -0.15) is 0 Å². The number of nitrogens with two attached hydrogens (primary N) is 1. The van der Waals surface area contributed by atoms with Crippen molar-refractivity contribution in [3.05, 3.63) is 18.0 Å². The summed E-state index contributed by atoms with van der Waals surface area (Å²) in [7, 11) is 3.20. The van der Waals surface area contributed by atoms with E-state index in [1.165, 1.54) is 0 Å². The third-order valence-electron chi connectivity index (χ3n) is 2.53. The first-order valence-corrected chi connectivity index (χ1v) is 5.50. The molecule has 0 aliphatic rings. The van der Waals surface area contributed by atoms with Crippen LogP contribution in [0.3, 0.4) is 0 Å². The fourth-order valence-electron chi connectivity index (χ4n) is 1.65. The fraction of sp³-hybridized carbons (Fsp3) is 0.417. The molecule has 1 aromatic carbocycles. The molecule has 0 saturated heterocycles. The number of oxazole rings is 1. The first-order chi connectivity index (χ1) is 8.28. The van der Waals surface area contributed by atoms with Gasteiger partial charge in [-0.1, -0.05) is 0 Å². The van der Waals surface area contributed by atoms with Gasteiger partial charge in [0.1, 0.15) is 5.75 Å². The molecule has 0 aliphatic carbocycles. The molecule has 92 valence electrons. The minimum absolute atomic E-state index is 0.624. The van der Waals surface area contributed by atoms with Crippen LogP contribution in [-0.2, 0) is 6.42 Å². The minimum Gasteiger partial charge on any atom is -0.496 e. The highest BCUT2D eigenvalue weighted by Crippen LogP contribution is 2.31. The van der Waals surface area contributed by atoms with Gasteiger partial charge in [0.2, 0.25) is 0 Å². The minimum atomic E-state index is 0.624. The Morgan fingerprint density at radius 3 is 2.76 bits per heavy atom. The summed E-state index contributed by atoms with van der Waals surface area (Å²) in [5, 5.41) is 0. The van der Waals surface area contributed by atoms with Crippen LogP contribution in [-0.4, -0.2) is 25.7 Å². The number of fused-ring (bicyclic) bond motifs is 1. The Balaban J connectivity index is 2.43. The van der Waals surface area contributed by atoms with Gasteiger partial charge in [-0.05, 0) is 13.0 Å². The van der Waals surface area contributed by atoms with Crippen LogP contribution in [0.15, 0.2) is 16.5 Å². The van der Waals surface area contributed by atoms with Crippen molar-refractivity contribution in [1.82, 2.24) is 4.98 Å². The van der Waals surface area contributed by atoms with E-state index in [0.29, 0.717) is 29.5 Å². The molecule has 0 fully saturated rings. The highest BCUT2D eigenvalue weighted by atomic mass is 16.5. The van der Waals surface area contributed by atoms with Crippen LogP contribution >= 0.6 is 0 Å². The Bertz CT molecular complexity index is 508. The molecule has 2 rings (SSSR count). The summed E-state index contributed by atoms with van der Waals surface area (Å²) in [5.74, 6) is 2.02. The molecule has 0 unspecified atom stereocenters. The zero-order valence-electron chi connectivity index (χ0n) is 10.0. The van der Waals surface area contributed by atoms with Crippen LogP contribution in [0.1, 0.15) is 12.3 Å². The summed E-state index contributed by atoms with van der Waals surface area (Å²) in [4.78, 5) is 4.39. The summed E-state index contributed by atoms with van der Waals surface area (Å²) in [6.07, 6.45) is 1.59. The average Bonchev–Trinajstić information content (AvgIpc) is 2.77. The van der Waals surface area contributed by atoms with Gasteiger partial charge < -0.3 is 19.6 Å². The molecule has 0 aliphatic heterocycles. The van der Waals surface area contributed by atoms with Gasteiger partial charge in [0.15, 0.2) is 22.7 Å². The lowest BCUT2D eigenvalue weighted by molar-refractivity contribution is 0.396. The van der Waals surface area contributed by atoms with E-state index in [4.69, 9.17) is 19.6 Å². The van der Waals surface area contributed by atoms with Gasteiger partial charge in [-0.15, -0.1) is 0 Å². The van der Waals surface area contributed by atoms with Crippen molar-refractivity contribution in [3.8, 4) is 11.5 Å². The highest BCUT2D eigenvalue weighted by molar-refractivity contribution is 5.81. The van der Waals surface area contributed by atoms with Crippen molar-refractivity contribution in [3.63, 3.8) is 0 Å². The molecule has 0 bridgehead atoms. The van der Waals surface area contributed by atoms with Crippen LogP contribution in [0.25, 0.3) is 11.1 Å². The lowest BCUT2D eigenvalue weighted by Crippen LogP contribution is -2.00. The lowest BCUT2D eigenvalue weighted by Gasteiger charge is -2.03. The molecular weight excluding hydrogens is 220 g/mol. The summed E-state index contributed by atoms with van der Waals surface area (Å²) >= 11 is 0. The van der Waals surface area contributed by atoms with E-state index in [9.17, 15) is 0 Å². The number of benzene rings is 1. The largest absolute Gasteiger partial charge is 0.496 e. The van der Waals surface area contributed by atoms with Crippen molar-refractivity contribution in [2.24, 2.45) is 5.73 Å². The third kappa shape index (κ3) is 2.34. The molecule has 0 atom stereocenters. The monoisotopic (exact) mass is 236 g/mol. The number of rotatable bonds is 5. The van der Waals surface area contributed by atoms with E-state index in [2.05, 4.69) is 4.98 Å². The van der Waals surface area contributed by atoms with Crippen LogP contribution in [0.5, 0.6) is 11.5 Å². The number of nitrogens with zero attached hydrogens (tertiary/aromatic N) is 1. The highest BCUT2D eigenvalue weighted by Gasteiger charge is 2.12. The standard InChI is InChI=1S/C12H16N2O3/c1-15-8-6-9(16-2)12-10(7-8)17-11(14-12)4-3-5-13/h6-7H,3-5,13H2,1-2H3. The predicted octanol–water partition coefficient (Wildman–Crippen LogP) is 1.74. The number of aryl methyl sites for hydroxylation is 1. The lowest BCUT2D eigenvalue weighted by atomic mass is 10.3. The quantitative estimate of drug-likeness (QED) is 0.856. The predicted molar refractivity (Wildman–Crippen MR) is 64.5 cm³/mol. The zero-order chi connectivity index (χ0) is 12.3. The van der Waals surface area contributed by atoms with Crippen LogP contribution in [0.2, 0.25) is 0 Å². The number of methoxy groups -OCH3 is 2. The maximum Gasteiger partial charge on any atom is 0.195 e. The molecule has 1 aromatic heterocycles. The van der Waals surface area contributed by atoms with E-state index in [-0.39, 0.29) is 0 Å². The van der Waals surface area contributed by atoms with E-state index in [0.717, 1.165) is 18.4 Å². The Kier molecular flexibility index (Phi) is 3.49. The van der Waals surface area contributed by atoms with Crippen molar-refractivity contribution in [2.75, 3.05) is 20.8 Å². The fourth-order valence-corrected chi connectivity index (χ4v) is 1.65. The van der Waals surface area contributed by atoms with E-state index in [1.54, 1.807) is 26.4 Å². The van der Waals surface area contributed by atoms with Gasteiger partial charge in [0.25, 0.3) is 0 Å². The molecule has 0 radical (unpaired) electrons. The summed E-state index contributed by atoms with van der Waals surface area (Å²) in [6, 6.07) is 3.59. The van der Waals surface area contributed by atoms with Gasteiger partial charge in [-0.3, -0.25) is 0 Å². The molecule has 5 heteroatoms. The average molecular weight is 236 g/mol. The zero-order valence-corrected chi connectivity index (χ0v) is 10.0. The second-order valence-corrected chi connectivity index (χ2v) is 3.68. The maximum absolute atomic E-state index is 5.63. The Morgan fingerprint density at radius 1 is 1.29 bits per heavy atom. The third-order valence-corrected chi connectivity index (χ3v) is 2.53. The molecule has 5 nitrogen and oxygen atoms in total. The number of hydrogen-bond acceptors (Lipinski definition) is 5. The second kappa shape index (κ2) is 5.05. The van der Waals surface area contributed by atoms with Gasteiger partial charge >= 0.3 is 0 Å². The van der Waals surface area contributed by atoms with Gasteiger partial charge in [0, 0.05) is 18.6 Å². The normalized spacial score (nSPS) is 10.8. The summed E-state index contributed by atoms with van der Waals surface area (Å²) in [5.41, 5.74) is 6.85. The van der Waals surface area contributed by atoms with E-state index >= 15 is 0 Å². The summed E-state index contributed by atoms with van der Waals surface area (Å²) in [6.45, 7) is 0.624. The molecule has 0 spiro atoms. The first kappa shape index (κ1) is 11.7. The number of hydrogen-bond donors (Lipinski definition) is 1. The topological polar surface area (TPSA) is 70.5 Å². The number of ether oxygens (including phenoxy) is 2. The van der Waals surface area contributed by atoms with Gasteiger partial charge in [-0.25, -0.2) is 4.98 Å². The van der Waals surface area contributed by atoms with Crippen LogP contribution < -0.4 is 15.2 Å². The Hall–Kier alpha value is -1.75. The molecule has 2 aromatic rings. The Labute approximate surface area is 99.5 Å². The van der Waals surface area contributed by atoms with E-state index in [1.807, 2.05) is 0 Å². The molecule has 2 N–H and O–H groups in total. The van der Waals surface area contributed by atoms with Crippen LogP contribution in [0.4, 0.5) is 0 Å². The van der Waals surface area contributed by atoms with Crippen molar-refractivity contribution >= 4 is 11.1 Å². The SMILES string of the molecule is COc1cc(OC)c2nc(CCCN)oc2c1. The van der Waals surface area contributed by atoms with Crippen LogP contribution in [0, 0.1) is 0 Å². The molecule has 0 saturated carbocycles. The van der Waals surface area contributed by atoms with Crippen molar-refractivity contribution < 1.29 is 13.9 Å². The van der Waals surface area contributed by atoms with Crippen molar-refractivity contribution in [1.29, 1.82) is 0 Å². The second-order valence-electron chi connectivity index (χ2n) is 3.68. The first-order valence-electron chi connectivity index (χ1n) is 5.50. The molecule has 0 amide bonds. The van der Waals surface area contributed by atoms with E-state index < -0.39 is 0 Å². The smallest absolute Gasteiger partial charge is 0.195 e. The van der Waals surface area contributed by atoms with Gasteiger partial charge in [0.05, 0.1) is 14.2 Å². The molecule has 1 heterocycles. The number of aromatic nitrogens is 1. The summed E-state index contributed by atoms with van der Waals surface area (Å²) < 4.78 is 16.1. The molecule has 17 heavy (non-hydrogen) atoms. The maximum atomic E-state index is 5.63. The van der Waals surface area contributed by atoms with Crippen molar-refractivity contribution in [2.45, 2.75) is 12.8 Å². The molecular formula is C12H16N2O3. The Morgan fingerprint density at radius 2 is 2.12 bits per heavy atom.